The number of thiophene rings is 1. The van der Waals surface area contributed by atoms with Crippen molar-refractivity contribution in [2.24, 2.45) is 16.3 Å². The minimum Gasteiger partial charge on any atom is -0.503 e. The van der Waals surface area contributed by atoms with E-state index in [4.69, 9.17) is 25.7 Å². The first-order chi connectivity index (χ1) is 16.2. The molecule has 0 saturated heterocycles. The summed E-state index contributed by atoms with van der Waals surface area (Å²) in [5.41, 5.74) is 2.59. The fourth-order valence-electron chi connectivity index (χ4n) is 4.26. The molecule has 1 atom stereocenters. The highest BCUT2D eigenvalue weighted by molar-refractivity contribution is 7.16. The highest BCUT2D eigenvalue weighted by Gasteiger charge is 2.33. The standard InChI is InChI=1S/C26H29ClN2O4S/c1-26(2,3)16-7-8-18-21(12-16)34-25(22(18)24(31)28-14-17-6-5-9-33-17)29-13-15-10-19(27)23(30)20(11-15)32-4/h5-6,9-11,13,16,30H,7-8,12,14H2,1-4H3,(H,28,31)/t16-/m0/s1. The van der Waals surface area contributed by atoms with Crippen molar-refractivity contribution < 1.29 is 19.1 Å². The smallest absolute Gasteiger partial charge is 0.255 e. The van der Waals surface area contributed by atoms with E-state index in [1.54, 1.807) is 42.0 Å². The summed E-state index contributed by atoms with van der Waals surface area (Å²) >= 11 is 7.70. The summed E-state index contributed by atoms with van der Waals surface area (Å²) < 4.78 is 10.5. The van der Waals surface area contributed by atoms with Gasteiger partial charge in [-0.25, -0.2) is 4.99 Å². The van der Waals surface area contributed by atoms with Gasteiger partial charge in [-0.05, 0) is 66.0 Å². The summed E-state index contributed by atoms with van der Waals surface area (Å²) in [7, 11) is 1.47. The van der Waals surface area contributed by atoms with Crippen LogP contribution in [0.25, 0.3) is 0 Å². The quantitative estimate of drug-likeness (QED) is 0.376. The van der Waals surface area contributed by atoms with Crippen molar-refractivity contribution in [1.82, 2.24) is 5.32 Å². The molecule has 1 amide bonds. The van der Waals surface area contributed by atoms with Gasteiger partial charge in [-0.2, -0.15) is 0 Å². The molecular formula is C26H29ClN2O4S. The summed E-state index contributed by atoms with van der Waals surface area (Å²) in [5, 5.41) is 13.8. The molecule has 0 aliphatic heterocycles. The molecule has 2 N–H and O–H groups in total. The third-order valence-electron chi connectivity index (χ3n) is 6.30. The SMILES string of the molecule is COc1cc(C=Nc2sc3c(c2C(=O)NCc2ccco2)CC[C@H](C(C)(C)C)C3)cc(Cl)c1O. The lowest BCUT2D eigenvalue weighted by atomic mass is 9.72. The van der Waals surface area contributed by atoms with E-state index in [2.05, 4.69) is 26.1 Å². The second kappa shape index (κ2) is 9.84. The molecule has 4 rings (SSSR count). The zero-order chi connectivity index (χ0) is 24.5. The van der Waals surface area contributed by atoms with Gasteiger partial charge in [-0.15, -0.1) is 11.3 Å². The van der Waals surface area contributed by atoms with E-state index in [-0.39, 0.29) is 27.8 Å². The number of carbonyl (C=O) groups is 1. The topological polar surface area (TPSA) is 84.1 Å². The Kier molecular flexibility index (Phi) is 7.05. The van der Waals surface area contributed by atoms with Crippen molar-refractivity contribution in [3.63, 3.8) is 0 Å². The monoisotopic (exact) mass is 500 g/mol. The number of nitrogens with zero attached hydrogens (tertiary/aromatic N) is 1. The number of nitrogens with one attached hydrogen (secondary N) is 1. The molecule has 34 heavy (non-hydrogen) atoms. The summed E-state index contributed by atoms with van der Waals surface area (Å²) in [6.07, 6.45) is 6.07. The molecule has 0 fully saturated rings. The van der Waals surface area contributed by atoms with Crippen LogP contribution in [0.1, 0.15) is 59.3 Å². The van der Waals surface area contributed by atoms with Gasteiger partial charge in [-0.1, -0.05) is 32.4 Å². The molecule has 1 aromatic carbocycles. The van der Waals surface area contributed by atoms with Crippen molar-refractivity contribution in [1.29, 1.82) is 0 Å². The number of amides is 1. The van der Waals surface area contributed by atoms with Crippen LogP contribution in [0.15, 0.2) is 39.9 Å². The molecule has 1 aliphatic rings. The van der Waals surface area contributed by atoms with E-state index in [0.717, 1.165) is 24.8 Å². The Bertz CT molecular complexity index is 1210. The summed E-state index contributed by atoms with van der Waals surface area (Å²) in [6, 6.07) is 6.90. The molecule has 0 bridgehead atoms. The summed E-state index contributed by atoms with van der Waals surface area (Å²) in [4.78, 5) is 19.2. The van der Waals surface area contributed by atoms with E-state index in [1.807, 2.05) is 6.07 Å². The fraction of sp³-hybridized carbons (Fsp3) is 0.385. The number of phenolic OH excluding ortho intramolecular Hbond substituents is 1. The lowest BCUT2D eigenvalue weighted by molar-refractivity contribution is 0.0947. The molecular weight excluding hydrogens is 472 g/mol. The maximum absolute atomic E-state index is 13.3. The minimum atomic E-state index is -0.156. The Labute approximate surface area is 208 Å². The first kappa shape index (κ1) is 24.4. The number of rotatable bonds is 6. The average Bonchev–Trinajstić information content (AvgIpc) is 3.44. The molecule has 0 radical (unpaired) electrons. The molecule has 180 valence electrons. The fourth-order valence-corrected chi connectivity index (χ4v) is 5.75. The Morgan fingerprint density at radius 1 is 1.41 bits per heavy atom. The van der Waals surface area contributed by atoms with Gasteiger partial charge in [0.25, 0.3) is 5.91 Å². The molecule has 2 aromatic heterocycles. The second-order valence-corrected chi connectivity index (χ2v) is 11.1. The number of hydrogen-bond donors (Lipinski definition) is 2. The summed E-state index contributed by atoms with van der Waals surface area (Å²) in [6.45, 7) is 7.13. The third kappa shape index (κ3) is 5.15. The molecule has 0 saturated carbocycles. The second-order valence-electron chi connectivity index (χ2n) is 9.56. The van der Waals surface area contributed by atoms with Crippen LogP contribution in [0.2, 0.25) is 5.02 Å². The predicted octanol–water partition coefficient (Wildman–Crippen LogP) is 6.54. The third-order valence-corrected chi connectivity index (χ3v) is 7.75. The average molecular weight is 501 g/mol. The number of fused-ring (bicyclic) bond motifs is 1. The van der Waals surface area contributed by atoms with E-state index in [1.165, 1.54) is 12.0 Å². The molecule has 8 heteroatoms. The molecule has 6 nitrogen and oxygen atoms in total. The number of hydrogen-bond acceptors (Lipinski definition) is 6. The maximum atomic E-state index is 13.3. The number of furan rings is 1. The van der Waals surface area contributed by atoms with Crippen LogP contribution in [-0.2, 0) is 19.4 Å². The van der Waals surface area contributed by atoms with Gasteiger partial charge >= 0.3 is 0 Å². The van der Waals surface area contributed by atoms with Gasteiger partial charge in [0.1, 0.15) is 10.8 Å². The van der Waals surface area contributed by atoms with Gasteiger partial charge in [0.2, 0.25) is 0 Å². The summed E-state index contributed by atoms with van der Waals surface area (Å²) in [5.74, 6) is 1.25. The number of methoxy groups -OCH3 is 1. The van der Waals surface area contributed by atoms with E-state index in [0.29, 0.717) is 34.4 Å². The van der Waals surface area contributed by atoms with E-state index < -0.39 is 0 Å². The van der Waals surface area contributed by atoms with Gasteiger partial charge in [0.05, 0.1) is 30.5 Å². The van der Waals surface area contributed by atoms with Crippen LogP contribution in [0.3, 0.4) is 0 Å². The highest BCUT2D eigenvalue weighted by Crippen LogP contribution is 2.45. The van der Waals surface area contributed by atoms with Crippen LogP contribution in [0.5, 0.6) is 11.5 Å². The largest absolute Gasteiger partial charge is 0.503 e. The number of ether oxygens (including phenoxy) is 1. The highest BCUT2D eigenvalue weighted by atomic mass is 35.5. The van der Waals surface area contributed by atoms with Crippen molar-refractivity contribution in [2.45, 2.75) is 46.6 Å². The zero-order valence-electron chi connectivity index (χ0n) is 19.8. The maximum Gasteiger partial charge on any atom is 0.255 e. The Morgan fingerprint density at radius 3 is 2.88 bits per heavy atom. The molecule has 2 heterocycles. The number of aromatic hydroxyl groups is 1. The molecule has 1 aliphatic carbocycles. The Morgan fingerprint density at radius 2 is 2.21 bits per heavy atom. The molecule has 0 unspecified atom stereocenters. The van der Waals surface area contributed by atoms with Gasteiger partial charge in [0.15, 0.2) is 11.5 Å². The zero-order valence-corrected chi connectivity index (χ0v) is 21.3. The van der Waals surface area contributed by atoms with Crippen molar-refractivity contribution in [3.8, 4) is 11.5 Å². The normalized spacial score (nSPS) is 16.0. The number of aliphatic imine (C=N–C) groups is 1. The van der Waals surface area contributed by atoms with Gasteiger partial charge in [0, 0.05) is 11.1 Å². The van der Waals surface area contributed by atoms with Crippen molar-refractivity contribution in [3.05, 3.63) is 62.9 Å². The van der Waals surface area contributed by atoms with E-state index in [9.17, 15) is 9.90 Å². The van der Waals surface area contributed by atoms with Crippen LogP contribution in [-0.4, -0.2) is 24.3 Å². The van der Waals surface area contributed by atoms with Crippen LogP contribution >= 0.6 is 22.9 Å². The van der Waals surface area contributed by atoms with Crippen LogP contribution in [0.4, 0.5) is 5.00 Å². The molecule has 3 aromatic rings. The minimum absolute atomic E-state index is 0.112. The lowest BCUT2D eigenvalue weighted by Crippen LogP contribution is -2.28. The van der Waals surface area contributed by atoms with Crippen molar-refractivity contribution >= 4 is 40.1 Å². The first-order valence-electron chi connectivity index (χ1n) is 11.2. The van der Waals surface area contributed by atoms with Crippen molar-refractivity contribution in [2.75, 3.05) is 7.11 Å². The number of benzene rings is 1. The molecule has 0 spiro atoms. The predicted molar refractivity (Wildman–Crippen MR) is 136 cm³/mol. The Hall–Kier alpha value is -2.77. The Balaban J connectivity index is 1.68. The van der Waals surface area contributed by atoms with Crippen LogP contribution in [0, 0.1) is 11.3 Å². The van der Waals surface area contributed by atoms with Gasteiger partial charge in [-0.3, -0.25) is 4.79 Å². The number of phenols is 1. The van der Waals surface area contributed by atoms with Crippen LogP contribution < -0.4 is 10.1 Å². The first-order valence-corrected chi connectivity index (χ1v) is 12.4. The van der Waals surface area contributed by atoms with Gasteiger partial charge < -0.3 is 19.6 Å². The van der Waals surface area contributed by atoms with E-state index >= 15 is 0 Å². The lowest BCUT2D eigenvalue weighted by Gasteiger charge is -2.33. The number of carbonyl (C=O) groups excluding carboxylic acids is 1. The number of halogens is 1.